The number of hydrogen-bond donors (Lipinski definition) is 0. The molecule has 30 heavy (non-hydrogen) atoms. The van der Waals surface area contributed by atoms with Crippen LogP contribution in [0.15, 0.2) is 59.3 Å². The predicted molar refractivity (Wildman–Crippen MR) is 112 cm³/mol. The van der Waals surface area contributed by atoms with E-state index in [1.807, 2.05) is 55.5 Å². The minimum Gasteiger partial charge on any atom is -0.410 e. The van der Waals surface area contributed by atoms with Crippen LogP contribution in [-0.2, 0) is 12.8 Å². The third-order valence-corrected chi connectivity index (χ3v) is 5.22. The van der Waals surface area contributed by atoms with E-state index < -0.39 is 0 Å². The van der Waals surface area contributed by atoms with Crippen molar-refractivity contribution >= 4 is 6.09 Å². The number of carbonyl (C=O) groups is 1. The third-order valence-electron chi connectivity index (χ3n) is 5.22. The molecular weight excluding hydrogens is 380 g/mol. The van der Waals surface area contributed by atoms with Gasteiger partial charge in [0.1, 0.15) is 11.5 Å². The molecule has 0 N–H and O–H groups in total. The molecule has 7 nitrogen and oxygen atoms in total. The molecule has 156 valence electrons. The monoisotopic (exact) mass is 406 g/mol. The fraction of sp³-hybridized carbons (Fsp3) is 0.348. The molecule has 4 rings (SSSR count). The van der Waals surface area contributed by atoms with E-state index in [0.717, 1.165) is 55.2 Å². The summed E-state index contributed by atoms with van der Waals surface area (Å²) in [4.78, 5) is 20.9. The zero-order chi connectivity index (χ0) is 20.8. The second-order valence-electron chi connectivity index (χ2n) is 7.52. The van der Waals surface area contributed by atoms with Crippen LogP contribution in [0.25, 0.3) is 0 Å². The van der Waals surface area contributed by atoms with Gasteiger partial charge in [0.05, 0.1) is 5.69 Å². The maximum Gasteiger partial charge on any atom is 0.415 e. The fourth-order valence-electron chi connectivity index (χ4n) is 3.51. The normalized spacial score (nSPS) is 14.6. The molecule has 0 radical (unpaired) electrons. The number of aryl methyl sites for hydroxylation is 1. The molecule has 3 aromatic rings. The number of piperazine rings is 1. The van der Waals surface area contributed by atoms with Crippen LogP contribution in [0.3, 0.4) is 0 Å². The Balaban J connectivity index is 1.21. The van der Waals surface area contributed by atoms with Gasteiger partial charge in [-0.2, -0.15) is 0 Å². The summed E-state index contributed by atoms with van der Waals surface area (Å²) < 4.78 is 10.8. The van der Waals surface area contributed by atoms with Gasteiger partial charge in [-0.3, -0.25) is 9.88 Å². The molecule has 1 aromatic carbocycles. The van der Waals surface area contributed by atoms with Gasteiger partial charge in [-0.25, -0.2) is 4.79 Å². The highest BCUT2D eigenvalue weighted by Crippen LogP contribution is 2.16. The van der Waals surface area contributed by atoms with Crippen molar-refractivity contribution in [1.29, 1.82) is 0 Å². The van der Waals surface area contributed by atoms with E-state index in [9.17, 15) is 4.79 Å². The highest BCUT2D eigenvalue weighted by atomic mass is 16.6. The number of carbonyl (C=O) groups excluding carboxylic acids is 1. The first kappa shape index (κ1) is 20.1. The average molecular weight is 406 g/mol. The molecule has 1 aliphatic rings. The number of pyridine rings is 1. The molecule has 0 bridgehead atoms. The standard InChI is InChI=1S/C23H26N4O3/c1-18-16-22(30-25-18)9-11-26-12-14-27(15-13-26)23(28)29-21-7-5-19(6-8-21)17-20-4-2-3-10-24-20/h2-8,10,16H,9,11-15,17H2,1H3. The van der Waals surface area contributed by atoms with Crippen LogP contribution in [0, 0.1) is 6.92 Å². The van der Waals surface area contributed by atoms with E-state index in [1.54, 1.807) is 11.1 Å². The van der Waals surface area contributed by atoms with Crippen LogP contribution in [-0.4, -0.2) is 58.8 Å². The van der Waals surface area contributed by atoms with Crippen molar-refractivity contribution in [3.63, 3.8) is 0 Å². The van der Waals surface area contributed by atoms with Gasteiger partial charge in [0.2, 0.25) is 0 Å². The van der Waals surface area contributed by atoms with Gasteiger partial charge in [0.25, 0.3) is 0 Å². The van der Waals surface area contributed by atoms with Gasteiger partial charge in [-0.15, -0.1) is 0 Å². The highest BCUT2D eigenvalue weighted by molar-refractivity contribution is 5.70. The Hall–Kier alpha value is -3.19. The second kappa shape index (κ2) is 9.54. The summed E-state index contributed by atoms with van der Waals surface area (Å²) in [5, 5.41) is 3.92. The number of nitrogens with zero attached hydrogens (tertiary/aromatic N) is 4. The van der Waals surface area contributed by atoms with Crippen molar-refractivity contribution in [2.24, 2.45) is 0 Å². The Labute approximate surface area is 176 Å². The lowest BCUT2D eigenvalue weighted by Crippen LogP contribution is -2.49. The van der Waals surface area contributed by atoms with Crippen LogP contribution in [0.5, 0.6) is 5.75 Å². The van der Waals surface area contributed by atoms with Crippen molar-refractivity contribution in [3.8, 4) is 5.75 Å². The van der Waals surface area contributed by atoms with Crippen LogP contribution in [0.4, 0.5) is 4.79 Å². The Morgan fingerprint density at radius 2 is 1.90 bits per heavy atom. The SMILES string of the molecule is Cc1cc(CCN2CCN(C(=O)Oc3ccc(Cc4ccccn4)cc3)CC2)on1. The first-order valence-electron chi connectivity index (χ1n) is 10.3. The fourth-order valence-corrected chi connectivity index (χ4v) is 3.51. The molecule has 1 amide bonds. The Bertz CT molecular complexity index is 948. The Morgan fingerprint density at radius 3 is 2.57 bits per heavy atom. The summed E-state index contributed by atoms with van der Waals surface area (Å²) in [6.07, 6.45) is 3.08. The van der Waals surface area contributed by atoms with Crippen LogP contribution in [0.1, 0.15) is 22.7 Å². The molecule has 0 spiro atoms. The smallest absolute Gasteiger partial charge is 0.410 e. The molecule has 1 aliphatic heterocycles. The lowest BCUT2D eigenvalue weighted by atomic mass is 10.1. The van der Waals surface area contributed by atoms with Gasteiger partial charge >= 0.3 is 6.09 Å². The molecule has 3 heterocycles. The summed E-state index contributed by atoms with van der Waals surface area (Å²) in [7, 11) is 0. The third kappa shape index (κ3) is 5.45. The van der Waals surface area contributed by atoms with E-state index in [-0.39, 0.29) is 6.09 Å². The number of aromatic nitrogens is 2. The number of benzene rings is 1. The zero-order valence-electron chi connectivity index (χ0n) is 17.2. The number of rotatable bonds is 6. The van der Waals surface area contributed by atoms with Crippen LogP contribution in [0.2, 0.25) is 0 Å². The molecule has 0 saturated carbocycles. The molecule has 0 unspecified atom stereocenters. The van der Waals surface area contributed by atoms with Gasteiger partial charge < -0.3 is 14.2 Å². The summed E-state index contributed by atoms with van der Waals surface area (Å²) in [6, 6.07) is 15.5. The Kier molecular flexibility index (Phi) is 6.39. The summed E-state index contributed by atoms with van der Waals surface area (Å²) in [5.74, 6) is 1.47. The summed E-state index contributed by atoms with van der Waals surface area (Å²) in [6.45, 7) is 5.79. The van der Waals surface area contributed by atoms with Gasteiger partial charge in [-0.05, 0) is 36.8 Å². The lowest BCUT2D eigenvalue weighted by Gasteiger charge is -2.33. The lowest BCUT2D eigenvalue weighted by molar-refractivity contribution is 0.110. The summed E-state index contributed by atoms with van der Waals surface area (Å²) in [5.41, 5.74) is 3.05. The molecule has 7 heteroatoms. The summed E-state index contributed by atoms with van der Waals surface area (Å²) >= 11 is 0. The Morgan fingerprint density at radius 1 is 1.10 bits per heavy atom. The van der Waals surface area contributed by atoms with E-state index in [2.05, 4.69) is 15.0 Å². The van der Waals surface area contributed by atoms with Gasteiger partial charge in [0, 0.05) is 63.5 Å². The van der Waals surface area contributed by atoms with Crippen molar-refractivity contribution < 1.29 is 14.1 Å². The first-order chi connectivity index (χ1) is 14.7. The molecular formula is C23H26N4O3. The van der Waals surface area contributed by atoms with E-state index >= 15 is 0 Å². The van der Waals surface area contributed by atoms with Crippen molar-refractivity contribution in [1.82, 2.24) is 19.9 Å². The van der Waals surface area contributed by atoms with E-state index in [1.165, 1.54) is 0 Å². The second-order valence-corrected chi connectivity index (χ2v) is 7.52. The average Bonchev–Trinajstić information content (AvgIpc) is 3.20. The van der Waals surface area contributed by atoms with Gasteiger partial charge in [0.15, 0.2) is 0 Å². The zero-order valence-corrected chi connectivity index (χ0v) is 17.2. The predicted octanol–water partition coefficient (Wildman–Crippen LogP) is 3.33. The van der Waals surface area contributed by atoms with Crippen molar-refractivity contribution in [2.75, 3.05) is 32.7 Å². The minimum atomic E-state index is -0.294. The highest BCUT2D eigenvalue weighted by Gasteiger charge is 2.22. The van der Waals surface area contributed by atoms with Crippen LogP contribution < -0.4 is 4.74 Å². The van der Waals surface area contributed by atoms with Crippen molar-refractivity contribution in [3.05, 3.63) is 77.4 Å². The molecule has 1 fully saturated rings. The minimum absolute atomic E-state index is 0.294. The van der Waals surface area contributed by atoms with E-state index in [0.29, 0.717) is 18.8 Å². The topological polar surface area (TPSA) is 71.7 Å². The van der Waals surface area contributed by atoms with Gasteiger partial charge in [-0.1, -0.05) is 23.4 Å². The maximum atomic E-state index is 12.5. The molecule has 2 aromatic heterocycles. The quantitative estimate of drug-likeness (QED) is 0.625. The number of hydrogen-bond acceptors (Lipinski definition) is 6. The number of ether oxygens (including phenoxy) is 1. The molecule has 1 saturated heterocycles. The number of amides is 1. The molecule has 0 atom stereocenters. The molecule has 0 aliphatic carbocycles. The van der Waals surface area contributed by atoms with Crippen molar-refractivity contribution in [2.45, 2.75) is 19.8 Å². The maximum absolute atomic E-state index is 12.5. The van der Waals surface area contributed by atoms with Crippen LogP contribution >= 0.6 is 0 Å². The largest absolute Gasteiger partial charge is 0.415 e. The van der Waals surface area contributed by atoms with E-state index in [4.69, 9.17) is 9.26 Å². The first-order valence-corrected chi connectivity index (χ1v) is 10.3.